The van der Waals surface area contributed by atoms with Crippen molar-refractivity contribution in [3.63, 3.8) is 0 Å². The first kappa shape index (κ1) is 17.2. The van der Waals surface area contributed by atoms with Crippen LogP contribution in [-0.4, -0.2) is 41.9 Å². The largest absolute Gasteiger partial charge is 0.376 e. The molecule has 4 heteroatoms. The zero-order valence-corrected chi connectivity index (χ0v) is 15.2. The number of ether oxygens (including phenoxy) is 1. The third-order valence-corrected chi connectivity index (χ3v) is 5.90. The summed E-state index contributed by atoms with van der Waals surface area (Å²) in [4.78, 5) is 2.42. The zero-order valence-electron chi connectivity index (χ0n) is 14.3. The van der Waals surface area contributed by atoms with E-state index >= 15 is 0 Å². The van der Waals surface area contributed by atoms with Gasteiger partial charge in [-0.2, -0.15) is 0 Å². The van der Waals surface area contributed by atoms with Crippen LogP contribution in [0.25, 0.3) is 0 Å². The van der Waals surface area contributed by atoms with Crippen LogP contribution in [0.15, 0.2) is 12.2 Å². The average Bonchev–Trinajstić information content (AvgIpc) is 3.09. The van der Waals surface area contributed by atoms with Crippen molar-refractivity contribution in [3.05, 3.63) is 12.2 Å². The Balaban J connectivity index is 1.55. The lowest BCUT2D eigenvalue weighted by Crippen LogP contribution is -2.49. The molecule has 130 valence electrons. The van der Waals surface area contributed by atoms with E-state index in [0.29, 0.717) is 12.1 Å². The first-order valence-electron chi connectivity index (χ1n) is 9.63. The Bertz CT molecular complexity index is 400. The smallest absolute Gasteiger partial charge is 0.169 e. The number of nitrogens with one attached hydrogen (secondary N) is 1. The van der Waals surface area contributed by atoms with Crippen LogP contribution in [-0.2, 0) is 4.74 Å². The summed E-state index contributed by atoms with van der Waals surface area (Å²) in [5.74, 6) is 0.743. The van der Waals surface area contributed by atoms with Crippen molar-refractivity contribution in [3.8, 4) is 0 Å². The van der Waals surface area contributed by atoms with Crippen LogP contribution in [0, 0.1) is 5.92 Å². The third-order valence-electron chi connectivity index (χ3n) is 5.52. The molecule has 3 nitrogen and oxygen atoms in total. The molecule has 1 heterocycles. The van der Waals surface area contributed by atoms with E-state index in [1.807, 2.05) is 0 Å². The van der Waals surface area contributed by atoms with Crippen LogP contribution in [0.5, 0.6) is 0 Å². The number of nitrogens with zero attached hydrogens (tertiary/aromatic N) is 1. The van der Waals surface area contributed by atoms with Gasteiger partial charge in [-0.3, -0.25) is 0 Å². The maximum Gasteiger partial charge on any atom is 0.169 e. The second kappa shape index (κ2) is 9.03. The fraction of sp³-hybridized carbons (Fsp3) is 0.842. The molecule has 23 heavy (non-hydrogen) atoms. The Morgan fingerprint density at radius 1 is 1.04 bits per heavy atom. The number of thiocarbonyl (C=S) groups is 1. The molecule has 2 unspecified atom stereocenters. The molecule has 0 aromatic rings. The van der Waals surface area contributed by atoms with Crippen LogP contribution in [0.4, 0.5) is 0 Å². The summed E-state index contributed by atoms with van der Waals surface area (Å²) in [6.45, 7) is 2.98. The van der Waals surface area contributed by atoms with Crippen LogP contribution in [0.3, 0.4) is 0 Å². The highest BCUT2D eigenvalue weighted by molar-refractivity contribution is 7.80. The van der Waals surface area contributed by atoms with E-state index in [1.165, 1.54) is 64.2 Å². The topological polar surface area (TPSA) is 24.5 Å². The van der Waals surface area contributed by atoms with E-state index in [9.17, 15) is 0 Å². The molecule has 2 fully saturated rings. The van der Waals surface area contributed by atoms with Gasteiger partial charge in [-0.1, -0.05) is 31.4 Å². The summed E-state index contributed by atoms with van der Waals surface area (Å²) in [6.07, 6.45) is 17.8. The molecule has 0 radical (unpaired) electrons. The van der Waals surface area contributed by atoms with E-state index in [-0.39, 0.29) is 0 Å². The zero-order chi connectivity index (χ0) is 15.9. The highest BCUT2D eigenvalue weighted by Gasteiger charge is 2.25. The van der Waals surface area contributed by atoms with Gasteiger partial charge in [0.05, 0.1) is 6.10 Å². The van der Waals surface area contributed by atoms with Crippen LogP contribution in [0.2, 0.25) is 0 Å². The van der Waals surface area contributed by atoms with Gasteiger partial charge in [0.15, 0.2) is 5.11 Å². The molecular formula is C19H32N2OS. The van der Waals surface area contributed by atoms with Crippen molar-refractivity contribution >= 4 is 17.3 Å². The molecule has 1 N–H and O–H groups in total. The second-order valence-corrected chi connectivity index (χ2v) is 7.86. The Hall–Kier alpha value is -0.610. The highest BCUT2D eigenvalue weighted by Crippen LogP contribution is 2.22. The van der Waals surface area contributed by atoms with Crippen molar-refractivity contribution in [2.45, 2.75) is 76.4 Å². The Morgan fingerprint density at radius 3 is 2.61 bits per heavy atom. The summed E-state index contributed by atoms with van der Waals surface area (Å²) in [5, 5.41) is 4.64. The van der Waals surface area contributed by atoms with Gasteiger partial charge in [0.2, 0.25) is 0 Å². The first-order chi connectivity index (χ1) is 11.3. The van der Waals surface area contributed by atoms with Crippen molar-refractivity contribution in [1.29, 1.82) is 0 Å². The van der Waals surface area contributed by atoms with E-state index in [0.717, 1.165) is 30.7 Å². The monoisotopic (exact) mass is 336 g/mol. The van der Waals surface area contributed by atoms with Crippen molar-refractivity contribution in [2.24, 2.45) is 5.92 Å². The SMILES string of the molecule is S=C(NC1CCCCC1)N(CC1CC=CCC1)CC1CCCO1. The van der Waals surface area contributed by atoms with Crippen LogP contribution in [0.1, 0.15) is 64.2 Å². The fourth-order valence-electron chi connectivity index (χ4n) is 4.12. The predicted molar refractivity (Wildman–Crippen MR) is 99.6 cm³/mol. The molecule has 0 bridgehead atoms. The molecule has 0 aromatic carbocycles. The number of rotatable bonds is 5. The normalized spacial score (nSPS) is 28.7. The van der Waals surface area contributed by atoms with E-state index < -0.39 is 0 Å². The quantitative estimate of drug-likeness (QED) is 0.605. The minimum Gasteiger partial charge on any atom is -0.376 e. The summed E-state index contributed by atoms with van der Waals surface area (Å²) >= 11 is 5.80. The number of hydrogen-bond acceptors (Lipinski definition) is 2. The molecule has 1 aliphatic heterocycles. The molecule has 3 aliphatic rings. The van der Waals surface area contributed by atoms with E-state index in [4.69, 9.17) is 17.0 Å². The van der Waals surface area contributed by atoms with Gasteiger partial charge in [0, 0.05) is 25.7 Å². The Morgan fingerprint density at radius 2 is 1.91 bits per heavy atom. The maximum absolute atomic E-state index is 5.87. The van der Waals surface area contributed by atoms with Gasteiger partial charge in [-0.25, -0.2) is 0 Å². The van der Waals surface area contributed by atoms with Crippen LogP contribution < -0.4 is 5.32 Å². The number of allylic oxidation sites excluding steroid dienone is 2. The Labute approximate surface area is 146 Å². The van der Waals surface area contributed by atoms with Gasteiger partial charge in [-0.15, -0.1) is 0 Å². The summed E-state index contributed by atoms with van der Waals surface area (Å²) < 4.78 is 5.87. The maximum atomic E-state index is 5.87. The lowest BCUT2D eigenvalue weighted by Gasteiger charge is -2.34. The predicted octanol–water partition coefficient (Wildman–Crippen LogP) is 4.03. The molecule has 2 atom stereocenters. The molecule has 0 amide bonds. The van der Waals surface area contributed by atoms with Gasteiger partial charge >= 0.3 is 0 Å². The number of hydrogen-bond donors (Lipinski definition) is 1. The summed E-state index contributed by atoms with van der Waals surface area (Å²) in [6, 6.07) is 0.592. The highest BCUT2D eigenvalue weighted by atomic mass is 32.1. The van der Waals surface area contributed by atoms with Crippen molar-refractivity contribution < 1.29 is 4.74 Å². The first-order valence-corrected chi connectivity index (χ1v) is 10.0. The molecule has 2 aliphatic carbocycles. The minimum absolute atomic E-state index is 0.375. The van der Waals surface area contributed by atoms with Gasteiger partial charge in [0.1, 0.15) is 0 Å². The molecule has 0 aromatic heterocycles. The fourth-order valence-corrected chi connectivity index (χ4v) is 4.44. The molecular weight excluding hydrogens is 304 g/mol. The third kappa shape index (κ3) is 5.46. The van der Waals surface area contributed by atoms with Gasteiger partial charge < -0.3 is 15.0 Å². The van der Waals surface area contributed by atoms with E-state index in [2.05, 4.69) is 22.4 Å². The van der Waals surface area contributed by atoms with Gasteiger partial charge in [-0.05, 0) is 63.1 Å². The molecule has 0 spiro atoms. The summed E-state index contributed by atoms with van der Waals surface area (Å²) in [5.41, 5.74) is 0. The minimum atomic E-state index is 0.375. The van der Waals surface area contributed by atoms with Gasteiger partial charge in [0.25, 0.3) is 0 Å². The second-order valence-electron chi connectivity index (χ2n) is 7.47. The lowest BCUT2D eigenvalue weighted by atomic mass is 9.93. The van der Waals surface area contributed by atoms with Crippen LogP contribution >= 0.6 is 12.2 Å². The standard InChI is InChI=1S/C19H32N2OS/c23-19(20-17-10-5-2-6-11-17)21(15-18-12-7-13-22-18)14-16-8-3-1-4-9-16/h1,3,16-18H,2,4-15H2,(H,20,23). The Kier molecular flexibility index (Phi) is 6.76. The summed E-state index contributed by atoms with van der Waals surface area (Å²) in [7, 11) is 0. The van der Waals surface area contributed by atoms with E-state index in [1.54, 1.807) is 0 Å². The molecule has 3 rings (SSSR count). The van der Waals surface area contributed by atoms with Crippen molar-refractivity contribution in [1.82, 2.24) is 10.2 Å². The van der Waals surface area contributed by atoms with Crippen molar-refractivity contribution in [2.75, 3.05) is 19.7 Å². The molecule has 1 saturated heterocycles. The lowest BCUT2D eigenvalue weighted by molar-refractivity contribution is 0.0871. The molecule has 1 saturated carbocycles. The average molecular weight is 337 g/mol.